The van der Waals surface area contributed by atoms with Gasteiger partial charge in [0.05, 0.1) is 31.6 Å². The summed E-state index contributed by atoms with van der Waals surface area (Å²) in [6, 6.07) is 13.5. The third-order valence-corrected chi connectivity index (χ3v) is 4.89. The highest BCUT2D eigenvalue weighted by molar-refractivity contribution is 7.84. The fraction of sp³-hybridized carbons (Fsp3) is 0.316. The van der Waals surface area contributed by atoms with Crippen LogP contribution in [0, 0.1) is 0 Å². The van der Waals surface area contributed by atoms with E-state index in [0.29, 0.717) is 36.9 Å². The topological polar surface area (TPSA) is 82.1 Å². The highest BCUT2D eigenvalue weighted by atomic mass is 32.2. The average Bonchev–Trinajstić information content (AvgIpc) is 2.66. The number of methoxy groups -OCH3 is 1. The molecule has 2 aromatic carbocycles. The summed E-state index contributed by atoms with van der Waals surface area (Å²) in [5.41, 5.74) is 0.218. The summed E-state index contributed by atoms with van der Waals surface area (Å²) in [6.45, 7) is 0.813. The van der Waals surface area contributed by atoms with Gasteiger partial charge in [-0.2, -0.15) is 0 Å². The first-order chi connectivity index (χ1) is 12.6. The summed E-state index contributed by atoms with van der Waals surface area (Å²) in [4.78, 5) is 10.8. The van der Waals surface area contributed by atoms with Crippen LogP contribution in [0.1, 0.15) is 16.8 Å². The second-order valence-electron chi connectivity index (χ2n) is 5.40. The van der Waals surface area contributed by atoms with Crippen molar-refractivity contribution in [3.8, 4) is 17.2 Å². The Kier molecular flexibility index (Phi) is 7.95. The zero-order chi connectivity index (χ0) is 18.8. The smallest absolute Gasteiger partial charge is 0.335 e. The number of aromatic carboxylic acids is 1. The number of ether oxygens (including phenoxy) is 3. The fourth-order valence-corrected chi connectivity index (χ4v) is 3.04. The van der Waals surface area contributed by atoms with E-state index in [9.17, 15) is 9.00 Å². The molecule has 2 rings (SSSR count). The van der Waals surface area contributed by atoms with Crippen LogP contribution in [0.3, 0.4) is 0 Å². The van der Waals surface area contributed by atoms with Gasteiger partial charge < -0.3 is 19.3 Å². The lowest BCUT2D eigenvalue weighted by atomic mass is 10.2. The van der Waals surface area contributed by atoms with E-state index in [1.54, 1.807) is 19.2 Å². The van der Waals surface area contributed by atoms with Crippen LogP contribution in [0.4, 0.5) is 0 Å². The SMILES string of the molecule is COc1ccc(OCCS(=O)CCCOc2ccc(C(=O)O)cc2)cc1. The molecular formula is C19H22O6S. The first kappa shape index (κ1) is 19.8. The number of rotatable bonds is 11. The van der Waals surface area contributed by atoms with E-state index in [1.807, 2.05) is 24.3 Å². The lowest BCUT2D eigenvalue weighted by Gasteiger charge is -2.08. The van der Waals surface area contributed by atoms with Gasteiger partial charge in [0.15, 0.2) is 0 Å². The first-order valence-corrected chi connectivity index (χ1v) is 9.65. The average molecular weight is 378 g/mol. The molecule has 7 heteroatoms. The van der Waals surface area contributed by atoms with Crippen LogP contribution in [0.15, 0.2) is 48.5 Å². The molecule has 0 aliphatic rings. The summed E-state index contributed by atoms with van der Waals surface area (Å²) in [5, 5.41) is 8.83. The lowest BCUT2D eigenvalue weighted by Crippen LogP contribution is -2.13. The quantitative estimate of drug-likeness (QED) is 0.606. The molecule has 0 bridgehead atoms. The zero-order valence-corrected chi connectivity index (χ0v) is 15.4. The molecule has 0 heterocycles. The van der Waals surface area contributed by atoms with Crippen LogP contribution in [-0.4, -0.2) is 47.1 Å². The van der Waals surface area contributed by atoms with Crippen LogP contribution >= 0.6 is 0 Å². The van der Waals surface area contributed by atoms with E-state index < -0.39 is 16.8 Å². The Labute approximate surface area is 155 Å². The maximum atomic E-state index is 12.0. The standard InChI is InChI=1S/C19H22O6S/c1-23-16-7-9-18(10-8-16)25-12-14-26(22)13-2-11-24-17-5-3-15(4-6-17)19(20)21/h3-10H,2,11-14H2,1H3,(H,20,21). The normalized spacial score (nSPS) is 11.6. The molecular weight excluding hydrogens is 356 g/mol. The van der Waals surface area contributed by atoms with Crippen molar-refractivity contribution >= 4 is 16.8 Å². The minimum Gasteiger partial charge on any atom is -0.497 e. The highest BCUT2D eigenvalue weighted by Crippen LogP contribution is 2.17. The number of carboxylic acids is 1. The Morgan fingerprint density at radius 2 is 1.42 bits per heavy atom. The Bertz CT molecular complexity index is 712. The van der Waals surface area contributed by atoms with Gasteiger partial charge in [-0.05, 0) is 55.0 Å². The van der Waals surface area contributed by atoms with Gasteiger partial charge in [0.1, 0.15) is 17.2 Å². The van der Waals surface area contributed by atoms with Crippen LogP contribution in [-0.2, 0) is 10.8 Å². The van der Waals surface area contributed by atoms with Crippen molar-refractivity contribution in [1.29, 1.82) is 0 Å². The van der Waals surface area contributed by atoms with Crippen molar-refractivity contribution in [3.63, 3.8) is 0 Å². The Balaban J connectivity index is 1.59. The van der Waals surface area contributed by atoms with Crippen molar-refractivity contribution in [2.75, 3.05) is 31.8 Å². The van der Waals surface area contributed by atoms with Crippen LogP contribution in [0.2, 0.25) is 0 Å². The Hall–Kier alpha value is -2.54. The van der Waals surface area contributed by atoms with Gasteiger partial charge in [0.2, 0.25) is 0 Å². The molecule has 2 aromatic rings. The van der Waals surface area contributed by atoms with Gasteiger partial charge in [0, 0.05) is 16.6 Å². The molecule has 0 radical (unpaired) electrons. The van der Waals surface area contributed by atoms with Gasteiger partial charge in [-0.3, -0.25) is 4.21 Å². The lowest BCUT2D eigenvalue weighted by molar-refractivity contribution is 0.0697. The zero-order valence-electron chi connectivity index (χ0n) is 14.6. The number of hydrogen-bond acceptors (Lipinski definition) is 5. The maximum Gasteiger partial charge on any atom is 0.335 e. The summed E-state index contributed by atoms with van der Waals surface area (Å²) >= 11 is 0. The predicted molar refractivity (Wildman–Crippen MR) is 99.9 cm³/mol. The third kappa shape index (κ3) is 6.76. The molecule has 6 nitrogen and oxygen atoms in total. The molecule has 0 spiro atoms. The number of hydrogen-bond donors (Lipinski definition) is 1. The van der Waals surface area contributed by atoms with Crippen molar-refractivity contribution in [1.82, 2.24) is 0 Å². The minimum atomic E-state index is -0.975. The van der Waals surface area contributed by atoms with E-state index >= 15 is 0 Å². The molecule has 0 amide bonds. The van der Waals surface area contributed by atoms with Crippen molar-refractivity contribution in [2.45, 2.75) is 6.42 Å². The molecule has 1 N–H and O–H groups in total. The van der Waals surface area contributed by atoms with Gasteiger partial charge in [-0.15, -0.1) is 0 Å². The van der Waals surface area contributed by atoms with Gasteiger partial charge in [0.25, 0.3) is 0 Å². The number of carbonyl (C=O) groups is 1. The Morgan fingerprint density at radius 3 is 2.00 bits per heavy atom. The molecule has 26 heavy (non-hydrogen) atoms. The van der Waals surface area contributed by atoms with Crippen LogP contribution in [0.25, 0.3) is 0 Å². The largest absolute Gasteiger partial charge is 0.497 e. The number of carboxylic acid groups (broad SMARTS) is 1. The summed E-state index contributed by atoms with van der Waals surface area (Å²) in [7, 11) is 0.630. The summed E-state index contributed by atoms with van der Waals surface area (Å²) < 4.78 is 28.1. The van der Waals surface area contributed by atoms with E-state index in [0.717, 1.165) is 11.5 Å². The highest BCUT2D eigenvalue weighted by Gasteiger charge is 2.04. The van der Waals surface area contributed by atoms with Crippen LogP contribution in [0.5, 0.6) is 17.2 Å². The molecule has 0 aliphatic carbocycles. The molecule has 1 unspecified atom stereocenters. The molecule has 0 aromatic heterocycles. The minimum absolute atomic E-state index is 0.218. The van der Waals surface area contributed by atoms with Gasteiger partial charge >= 0.3 is 5.97 Å². The molecule has 140 valence electrons. The monoisotopic (exact) mass is 378 g/mol. The van der Waals surface area contributed by atoms with Gasteiger partial charge in [-0.25, -0.2) is 4.79 Å². The molecule has 0 saturated heterocycles. The second-order valence-corrected chi connectivity index (χ2v) is 7.10. The summed E-state index contributed by atoms with van der Waals surface area (Å²) in [6.07, 6.45) is 0.649. The summed E-state index contributed by atoms with van der Waals surface area (Å²) in [5.74, 6) is 2.10. The van der Waals surface area contributed by atoms with Gasteiger partial charge in [-0.1, -0.05) is 0 Å². The van der Waals surface area contributed by atoms with E-state index in [2.05, 4.69) is 0 Å². The second kappa shape index (κ2) is 10.5. The molecule has 0 fully saturated rings. The third-order valence-electron chi connectivity index (χ3n) is 3.53. The van der Waals surface area contributed by atoms with Crippen LogP contribution < -0.4 is 14.2 Å². The molecule has 0 saturated carbocycles. The van der Waals surface area contributed by atoms with Crippen molar-refractivity contribution in [3.05, 3.63) is 54.1 Å². The maximum absolute atomic E-state index is 12.0. The van der Waals surface area contributed by atoms with E-state index in [1.165, 1.54) is 12.1 Å². The van der Waals surface area contributed by atoms with E-state index in [4.69, 9.17) is 19.3 Å². The first-order valence-electron chi connectivity index (χ1n) is 8.16. The fourth-order valence-electron chi connectivity index (χ4n) is 2.13. The predicted octanol–water partition coefficient (Wildman–Crippen LogP) is 2.99. The van der Waals surface area contributed by atoms with E-state index in [-0.39, 0.29) is 5.56 Å². The Morgan fingerprint density at radius 1 is 0.885 bits per heavy atom. The van der Waals surface area contributed by atoms with Crippen molar-refractivity contribution in [2.24, 2.45) is 0 Å². The molecule has 1 atom stereocenters. The molecule has 0 aliphatic heterocycles. The number of benzene rings is 2. The van der Waals surface area contributed by atoms with Crippen molar-refractivity contribution < 1.29 is 28.3 Å².